The summed E-state index contributed by atoms with van der Waals surface area (Å²) >= 11 is 2.92. The zero-order valence-electron chi connectivity index (χ0n) is 44.1. The molecule has 0 spiro atoms. The molecule has 0 heterocycles. The lowest BCUT2D eigenvalue weighted by molar-refractivity contribution is 0.101. The fourth-order valence-corrected chi connectivity index (χ4v) is 9.44. The Kier molecular flexibility index (Phi) is 22.1. The van der Waals surface area contributed by atoms with E-state index in [9.17, 15) is 19.2 Å². The lowest BCUT2D eigenvalue weighted by Gasteiger charge is -2.25. The monoisotopic (exact) mass is 1050 g/mol. The van der Waals surface area contributed by atoms with Crippen molar-refractivity contribution in [1.82, 2.24) is 0 Å². The molecule has 398 valence electrons. The Bertz CT molecular complexity index is 2560. The molecule has 0 aliphatic carbocycles. The molecule has 0 saturated heterocycles. The number of carbonyl (C=O) groups excluding carboxylic acids is 4. The van der Waals surface area contributed by atoms with Crippen LogP contribution in [0.1, 0.15) is 146 Å². The SMILES string of the molecule is CCCSc1c(NC(=O)c2cccc(C(=O)Nc3cc(C(C)(C)C)cc(NC(=O)c4ccc(N)cc4OCCCCCN)c3SCCN)c2)cc(C(C)(C)C)cc1NC(=O)c1ccc(N)cc1OCCCCCN. The summed E-state index contributed by atoms with van der Waals surface area (Å²) in [6, 6.07) is 24.1. The number of hydrogen-bond acceptors (Lipinski definition) is 13. The predicted octanol–water partition coefficient (Wildman–Crippen LogP) is 11.0. The maximum atomic E-state index is 14.4. The first-order chi connectivity index (χ1) is 35.3. The van der Waals surface area contributed by atoms with Crippen molar-refractivity contribution in [2.45, 2.75) is 114 Å². The van der Waals surface area contributed by atoms with Gasteiger partial charge in [0, 0.05) is 46.9 Å². The topological polar surface area (TPSA) is 265 Å². The van der Waals surface area contributed by atoms with Crippen molar-refractivity contribution in [1.29, 1.82) is 0 Å². The van der Waals surface area contributed by atoms with E-state index >= 15 is 0 Å². The van der Waals surface area contributed by atoms with Gasteiger partial charge in [-0.05, 0) is 152 Å². The van der Waals surface area contributed by atoms with Crippen molar-refractivity contribution in [3.8, 4) is 11.5 Å². The molecule has 0 fully saturated rings. The fourth-order valence-electron chi connectivity index (χ4n) is 7.64. The number of carbonyl (C=O) groups is 4. The summed E-state index contributed by atoms with van der Waals surface area (Å²) in [7, 11) is 0. The average molecular weight is 1050 g/mol. The Morgan fingerprint density at radius 2 is 0.878 bits per heavy atom. The van der Waals surface area contributed by atoms with Crippen molar-refractivity contribution < 1.29 is 28.7 Å². The summed E-state index contributed by atoms with van der Waals surface area (Å²) in [5, 5.41) is 12.5. The molecule has 14 N–H and O–H groups in total. The average Bonchev–Trinajstić information content (AvgIpc) is 3.35. The second-order valence-corrected chi connectivity index (χ2v) is 22.3. The van der Waals surface area contributed by atoms with E-state index in [4.69, 9.17) is 38.1 Å². The molecule has 5 aromatic carbocycles. The van der Waals surface area contributed by atoms with Crippen LogP contribution in [0.15, 0.2) is 94.7 Å². The summed E-state index contributed by atoms with van der Waals surface area (Å²) in [6.07, 6.45) is 5.92. The van der Waals surface area contributed by atoms with Crippen molar-refractivity contribution in [2.24, 2.45) is 17.2 Å². The van der Waals surface area contributed by atoms with Crippen LogP contribution in [0.5, 0.6) is 11.5 Å². The minimum Gasteiger partial charge on any atom is -0.493 e. The van der Waals surface area contributed by atoms with Gasteiger partial charge in [0.1, 0.15) is 11.5 Å². The third-order valence-electron chi connectivity index (χ3n) is 11.8. The van der Waals surface area contributed by atoms with Crippen LogP contribution in [0.25, 0.3) is 0 Å². The number of anilines is 6. The fraction of sp³-hybridized carbons (Fsp3) is 0.404. The number of thioether (sulfide) groups is 2. The number of amides is 4. The Morgan fingerprint density at radius 3 is 1.24 bits per heavy atom. The summed E-state index contributed by atoms with van der Waals surface area (Å²) in [5.74, 6) is 0.204. The molecule has 0 unspecified atom stereocenters. The number of hydrogen-bond donors (Lipinski definition) is 9. The van der Waals surface area contributed by atoms with Gasteiger partial charge in [0.15, 0.2) is 0 Å². The van der Waals surface area contributed by atoms with Gasteiger partial charge < -0.3 is 59.4 Å². The zero-order chi connectivity index (χ0) is 54.0. The Hall–Kier alpha value is -6.24. The molecular weight excluding hydrogens is 971 g/mol. The highest BCUT2D eigenvalue weighted by molar-refractivity contribution is 7.99. The molecule has 0 saturated carbocycles. The molecule has 0 atom stereocenters. The van der Waals surface area contributed by atoms with Crippen LogP contribution in [0.2, 0.25) is 0 Å². The largest absolute Gasteiger partial charge is 0.493 e. The molecule has 0 aliphatic heterocycles. The Morgan fingerprint density at radius 1 is 0.486 bits per heavy atom. The first kappa shape index (κ1) is 58.6. The minimum absolute atomic E-state index is 0.229. The van der Waals surface area contributed by atoms with Crippen LogP contribution in [0.4, 0.5) is 34.1 Å². The van der Waals surface area contributed by atoms with Crippen LogP contribution >= 0.6 is 23.5 Å². The molecule has 0 aromatic heterocycles. The van der Waals surface area contributed by atoms with Crippen LogP contribution in [0.3, 0.4) is 0 Å². The highest BCUT2D eigenvalue weighted by atomic mass is 32.2. The number of nitrogens with two attached hydrogens (primary N) is 5. The molecule has 5 aromatic rings. The maximum absolute atomic E-state index is 14.4. The van der Waals surface area contributed by atoms with Crippen LogP contribution in [0, 0.1) is 0 Å². The van der Waals surface area contributed by atoms with Gasteiger partial charge >= 0.3 is 0 Å². The van der Waals surface area contributed by atoms with Gasteiger partial charge in [0.2, 0.25) is 0 Å². The molecular formula is C57H77N9O6S2. The molecule has 0 aliphatic rings. The number of nitrogens with one attached hydrogen (secondary N) is 4. The van der Waals surface area contributed by atoms with E-state index in [1.54, 1.807) is 60.7 Å². The van der Waals surface area contributed by atoms with Crippen LogP contribution in [-0.4, -0.2) is 68.0 Å². The molecule has 4 amide bonds. The maximum Gasteiger partial charge on any atom is 0.259 e. The van der Waals surface area contributed by atoms with E-state index in [0.717, 1.165) is 56.1 Å². The molecule has 5 rings (SSSR count). The molecule has 15 nitrogen and oxygen atoms in total. The van der Waals surface area contributed by atoms with E-state index in [1.165, 1.54) is 23.5 Å². The van der Waals surface area contributed by atoms with Gasteiger partial charge in [-0.1, -0.05) is 54.5 Å². The molecule has 0 bridgehead atoms. The Balaban J connectivity index is 1.46. The number of rotatable bonds is 26. The second kappa shape index (κ2) is 27.9. The molecule has 74 heavy (non-hydrogen) atoms. The van der Waals surface area contributed by atoms with E-state index in [-0.39, 0.29) is 22.4 Å². The molecule has 0 radical (unpaired) electrons. The second-order valence-electron chi connectivity index (χ2n) is 20.1. The lowest BCUT2D eigenvalue weighted by atomic mass is 9.86. The number of benzene rings is 5. The zero-order valence-corrected chi connectivity index (χ0v) is 45.8. The van der Waals surface area contributed by atoms with E-state index in [0.29, 0.717) is 111 Å². The van der Waals surface area contributed by atoms with Gasteiger partial charge in [-0.15, -0.1) is 23.5 Å². The van der Waals surface area contributed by atoms with Gasteiger partial charge in [0.25, 0.3) is 23.6 Å². The van der Waals surface area contributed by atoms with Gasteiger partial charge in [0.05, 0.1) is 56.9 Å². The Labute approximate surface area is 446 Å². The van der Waals surface area contributed by atoms with Gasteiger partial charge in [-0.25, -0.2) is 0 Å². The highest BCUT2D eigenvalue weighted by Crippen LogP contribution is 2.42. The first-order valence-electron chi connectivity index (χ1n) is 25.4. The quantitative estimate of drug-likeness (QED) is 0.0142. The number of ether oxygens (including phenoxy) is 2. The third-order valence-corrected chi connectivity index (χ3v) is 14.3. The summed E-state index contributed by atoms with van der Waals surface area (Å²) < 4.78 is 12.1. The number of nitrogen functional groups attached to an aromatic ring is 2. The van der Waals surface area contributed by atoms with Crippen molar-refractivity contribution >= 4 is 81.3 Å². The minimum atomic E-state index is -0.470. The lowest BCUT2D eigenvalue weighted by Crippen LogP contribution is -2.20. The van der Waals surface area contributed by atoms with Crippen molar-refractivity contribution in [3.63, 3.8) is 0 Å². The van der Waals surface area contributed by atoms with Crippen molar-refractivity contribution in [2.75, 3.05) is 77.1 Å². The van der Waals surface area contributed by atoms with Crippen molar-refractivity contribution in [3.05, 3.63) is 118 Å². The van der Waals surface area contributed by atoms with Crippen LogP contribution in [-0.2, 0) is 10.8 Å². The molecule has 17 heteroatoms. The van der Waals surface area contributed by atoms with Gasteiger partial charge in [-0.3, -0.25) is 19.2 Å². The van der Waals surface area contributed by atoms with E-state index in [1.807, 2.05) is 45.0 Å². The van der Waals surface area contributed by atoms with Crippen LogP contribution < -0.4 is 59.4 Å². The predicted molar refractivity (Wildman–Crippen MR) is 308 cm³/mol. The summed E-state index contributed by atoms with van der Waals surface area (Å²) in [5.41, 5.74) is 34.6. The smallest absolute Gasteiger partial charge is 0.259 e. The standard InChI is InChI=1S/C57H77N9O6S2/c1-8-27-73-50-44(30-38(56(2,3)4)32-46(50)65-54(69)42-20-18-40(61)34-48(42)71-25-13-9-11-22-58)63-52(67)36-16-15-17-37(29-36)53(68)64-45-31-39(57(5,6)7)33-47(51(45)74-28-24-60)66-55(70)43-21-19-41(62)35-49(43)72-26-14-10-12-23-59/h15-21,29-35H,8-14,22-28,58-62H2,1-7H3,(H,63,67)(H,64,68)(H,65,69)(H,66,70). The third kappa shape index (κ3) is 16.9. The number of unbranched alkanes of at least 4 members (excludes halogenated alkanes) is 4. The van der Waals surface area contributed by atoms with E-state index in [2.05, 4.69) is 49.0 Å². The van der Waals surface area contributed by atoms with Gasteiger partial charge in [-0.2, -0.15) is 0 Å². The summed E-state index contributed by atoms with van der Waals surface area (Å²) in [4.78, 5) is 58.4. The first-order valence-corrected chi connectivity index (χ1v) is 27.4. The normalized spacial score (nSPS) is 11.5. The van der Waals surface area contributed by atoms with E-state index < -0.39 is 23.1 Å². The summed E-state index contributed by atoms with van der Waals surface area (Å²) in [6.45, 7) is 16.7. The highest BCUT2D eigenvalue weighted by Gasteiger charge is 2.26.